The standard InChI is InChI=1S/C19H19N5O2/c25-16(14-6-2-1-3-7-14)13-23-10-5-11-24-17(26)12-15(22-19(23)24)18-20-8-4-9-21-18/h1-4,6-9,12,16,25H,5,10-11,13H2. The van der Waals surface area contributed by atoms with E-state index in [1.165, 1.54) is 6.07 Å². The first-order valence-corrected chi connectivity index (χ1v) is 8.59. The number of aromatic nitrogens is 4. The van der Waals surface area contributed by atoms with Gasteiger partial charge in [0.2, 0.25) is 5.95 Å². The van der Waals surface area contributed by atoms with Gasteiger partial charge in [-0.3, -0.25) is 9.36 Å². The first-order chi connectivity index (χ1) is 12.7. The van der Waals surface area contributed by atoms with Crippen LogP contribution in [0.4, 0.5) is 5.95 Å². The number of hydrogen-bond acceptors (Lipinski definition) is 6. The third kappa shape index (κ3) is 3.21. The van der Waals surface area contributed by atoms with Crippen LogP contribution in [0.25, 0.3) is 11.5 Å². The summed E-state index contributed by atoms with van der Waals surface area (Å²) >= 11 is 0. The number of aliphatic hydroxyl groups excluding tert-OH is 1. The highest BCUT2D eigenvalue weighted by Gasteiger charge is 2.23. The number of hydrogen-bond donors (Lipinski definition) is 1. The zero-order chi connectivity index (χ0) is 17.9. The largest absolute Gasteiger partial charge is 0.387 e. The van der Waals surface area contributed by atoms with Crippen molar-refractivity contribution in [3.8, 4) is 11.5 Å². The van der Waals surface area contributed by atoms with Crippen LogP contribution in [0.15, 0.2) is 59.7 Å². The average molecular weight is 349 g/mol. The summed E-state index contributed by atoms with van der Waals surface area (Å²) in [4.78, 5) is 27.5. The van der Waals surface area contributed by atoms with Crippen molar-refractivity contribution in [2.75, 3.05) is 18.0 Å². The third-order valence-electron chi connectivity index (χ3n) is 4.45. The average Bonchev–Trinajstić information content (AvgIpc) is 2.70. The summed E-state index contributed by atoms with van der Waals surface area (Å²) in [7, 11) is 0. The molecule has 0 saturated carbocycles. The Bertz CT molecular complexity index is 943. The van der Waals surface area contributed by atoms with E-state index in [9.17, 15) is 9.90 Å². The second-order valence-corrected chi connectivity index (χ2v) is 6.23. The van der Waals surface area contributed by atoms with Crippen LogP contribution in [0.3, 0.4) is 0 Å². The van der Waals surface area contributed by atoms with Gasteiger partial charge in [-0.2, -0.15) is 0 Å². The summed E-state index contributed by atoms with van der Waals surface area (Å²) in [6.45, 7) is 1.72. The molecular weight excluding hydrogens is 330 g/mol. The summed E-state index contributed by atoms with van der Waals surface area (Å²) in [6.07, 6.45) is 3.42. The highest BCUT2D eigenvalue weighted by Crippen LogP contribution is 2.23. The van der Waals surface area contributed by atoms with E-state index < -0.39 is 6.10 Å². The van der Waals surface area contributed by atoms with Gasteiger partial charge in [0, 0.05) is 31.5 Å². The molecule has 3 aromatic rings. The molecule has 1 unspecified atom stereocenters. The van der Waals surface area contributed by atoms with Crippen molar-refractivity contribution >= 4 is 5.95 Å². The van der Waals surface area contributed by atoms with E-state index in [2.05, 4.69) is 15.0 Å². The van der Waals surface area contributed by atoms with Crippen molar-refractivity contribution in [3.63, 3.8) is 0 Å². The molecule has 0 spiro atoms. The predicted octanol–water partition coefficient (Wildman–Crippen LogP) is 1.64. The fourth-order valence-corrected chi connectivity index (χ4v) is 3.17. The van der Waals surface area contributed by atoms with Crippen LogP contribution in [-0.2, 0) is 6.54 Å². The number of benzene rings is 1. The van der Waals surface area contributed by atoms with Gasteiger partial charge in [-0.1, -0.05) is 30.3 Å². The Hall–Kier alpha value is -3.06. The summed E-state index contributed by atoms with van der Waals surface area (Å²) in [5, 5.41) is 10.6. The van der Waals surface area contributed by atoms with Crippen molar-refractivity contribution in [1.29, 1.82) is 0 Å². The molecule has 1 aliphatic heterocycles. The molecule has 26 heavy (non-hydrogen) atoms. The van der Waals surface area contributed by atoms with E-state index in [4.69, 9.17) is 0 Å². The highest BCUT2D eigenvalue weighted by atomic mass is 16.3. The molecule has 4 rings (SSSR count). The first kappa shape index (κ1) is 16.4. The fourth-order valence-electron chi connectivity index (χ4n) is 3.17. The van der Waals surface area contributed by atoms with Gasteiger partial charge in [0.1, 0.15) is 5.69 Å². The van der Waals surface area contributed by atoms with Crippen LogP contribution in [0.2, 0.25) is 0 Å². The minimum Gasteiger partial charge on any atom is -0.387 e. The molecule has 0 fully saturated rings. The van der Waals surface area contributed by atoms with Gasteiger partial charge in [0.25, 0.3) is 5.56 Å². The van der Waals surface area contributed by atoms with Gasteiger partial charge in [0.05, 0.1) is 12.6 Å². The minimum absolute atomic E-state index is 0.128. The quantitative estimate of drug-likeness (QED) is 0.771. The van der Waals surface area contributed by atoms with Crippen molar-refractivity contribution < 1.29 is 5.11 Å². The smallest absolute Gasteiger partial charge is 0.255 e. The maximum absolute atomic E-state index is 12.5. The van der Waals surface area contributed by atoms with Crippen LogP contribution >= 0.6 is 0 Å². The van der Waals surface area contributed by atoms with E-state index in [1.54, 1.807) is 23.0 Å². The van der Waals surface area contributed by atoms with Crippen molar-refractivity contribution in [2.24, 2.45) is 0 Å². The molecule has 0 radical (unpaired) electrons. The third-order valence-corrected chi connectivity index (χ3v) is 4.45. The maximum atomic E-state index is 12.5. The van der Waals surface area contributed by atoms with E-state index in [1.807, 2.05) is 35.2 Å². The number of aliphatic hydroxyl groups is 1. The van der Waals surface area contributed by atoms with Crippen molar-refractivity contribution in [2.45, 2.75) is 19.1 Å². The molecule has 1 atom stereocenters. The lowest BCUT2D eigenvalue weighted by molar-refractivity contribution is 0.181. The molecule has 2 aromatic heterocycles. The molecule has 1 N–H and O–H groups in total. The first-order valence-electron chi connectivity index (χ1n) is 8.59. The predicted molar refractivity (Wildman–Crippen MR) is 97.8 cm³/mol. The van der Waals surface area contributed by atoms with E-state index in [0.29, 0.717) is 30.6 Å². The number of fused-ring (bicyclic) bond motifs is 1. The van der Waals surface area contributed by atoms with Crippen LogP contribution < -0.4 is 10.5 Å². The normalized spacial score (nSPS) is 14.7. The topological polar surface area (TPSA) is 84.1 Å². The van der Waals surface area contributed by atoms with Crippen molar-refractivity contribution in [3.05, 3.63) is 70.8 Å². The Kier molecular flexibility index (Phi) is 4.45. The Morgan fingerprint density at radius 3 is 2.62 bits per heavy atom. The molecule has 0 aliphatic carbocycles. The Morgan fingerprint density at radius 1 is 1.08 bits per heavy atom. The lowest BCUT2D eigenvalue weighted by atomic mass is 10.1. The van der Waals surface area contributed by atoms with Gasteiger partial charge in [-0.15, -0.1) is 0 Å². The Balaban J connectivity index is 1.68. The van der Waals surface area contributed by atoms with Crippen molar-refractivity contribution in [1.82, 2.24) is 19.5 Å². The highest BCUT2D eigenvalue weighted by molar-refractivity contribution is 5.51. The van der Waals surface area contributed by atoms with Gasteiger partial charge >= 0.3 is 0 Å². The molecule has 1 aromatic carbocycles. The molecule has 0 saturated heterocycles. The minimum atomic E-state index is -0.656. The Morgan fingerprint density at radius 2 is 1.85 bits per heavy atom. The molecule has 7 heteroatoms. The second-order valence-electron chi connectivity index (χ2n) is 6.23. The molecule has 0 amide bonds. The number of nitrogens with zero attached hydrogens (tertiary/aromatic N) is 5. The van der Waals surface area contributed by atoms with E-state index in [0.717, 1.165) is 18.5 Å². The van der Waals surface area contributed by atoms with Gasteiger partial charge < -0.3 is 10.0 Å². The van der Waals surface area contributed by atoms with Gasteiger partial charge in [-0.05, 0) is 18.1 Å². The summed E-state index contributed by atoms with van der Waals surface area (Å²) in [5.74, 6) is 0.975. The summed E-state index contributed by atoms with van der Waals surface area (Å²) < 4.78 is 1.65. The lowest BCUT2D eigenvalue weighted by Crippen LogP contribution is -2.40. The van der Waals surface area contributed by atoms with E-state index in [-0.39, 0.29) is 5.56 Å². The zero-order valence-electron chi connectivity index (χ0n) is 14.2. The molecule has 1 aliphatic rings. The monoisotopic (exact) mass is 349 g/mol. The van der Waals surface area contributed by atoms with Crippen LogP contribution in [-0.4, -0.2) is 37.7 Å². The van der Waals surface area contributed by atoms with E-state index >= 15 is 0 Å². The van der Waals surface area contributed by atoms with Crippen LogP contribution in [0, 0.1) is 0 Å². The molecule has 0 bridgehead atoms. The lowest BCUT2D eigenvalue weighted by Gasteiger charge is -2.32. The summed E-state index contributed by atoms with van der Waals surface area (Å²) in [5.41, 5.74) is 1.16. The van der Waals surface area contributed by atoms with Gasteiger partial charge in [0.15, 0.2) is 5.82 Å². The van der Waals surface area contributed by atoms with Gasteiger partial charge in [-0.25, -0.2) is 15.0 Å². The number of anilines is 1. The summed E-state index contributed by atoms with van der Waals surface area (Å²) in [6, 6.07) is 12.7. The molecule has 7 nitrogen and oxygen atoms in total. The maximum Gasteiger partial charge on any atom is 0.255 e. The SMILES string of the molecule is O=c1cc(-c2ncccn2)nc2n1CCCN2CC(O)c1ccccc1. The molecule has 132 valence electrons. The second kappa shape index (κ2) is 7.05. The molecule has 3 heterocycles. The molecular formula is C19H19N5O2. The van der Waals surface area contributed by atoms with Crippen LogP contribution in [0.5, 0.6) is 0 Å². The number of β-amino-alcohol motifs (C(OH)–C–C–N with tert-alkyl or cyclic N) is 1. The Labute approximate surface area is 150 Å². The zero-order valence-corrected chi connectivity index (χ0v) is 14.2. The fraction of sp³-hybridized carbons (Fsp3) is 0.263. The number of rotatable bonds is 4. The van der Waals surface area contributed by atoms with Crippen LogP contribution in [0.1, 0.15) is 18.1 Å².